The number of benzene rings is 1. The predicted molar refractivity (Wildman–Crippen MR) is 64.6 cm³/mol. The Hall–Kier alpha value is -1.59. The molecule has 0 aliphatic heterocycles. The van der Waals surface area contributed by atoms with Crippen LogP contribution in [0.2, 0.25) is 10.0 Å². The number of H-pyrrole nitrogens is 1. The molecule has 7 heteroatoms. The zero-order valence-corrected chi connectivity index (χ0v) is 9.81. The number of halogens is 3. The van der Waals surface area contributed by atoms with E-state index in [-0.39, 0.29) is 21.6 Å². The highest BCUT2D eigenvalue weighted by Gasteiger charge is 2.11. The molecule has 2 rings (SSSR count). The summed E-state index contributed by atoms with van der Waals surface area (Å²) in [7, 11) is 0. The van der Waals surface area contributed by atoms with Gasteiger partial charge in [-0.05, 0) is 12.1 Å². The van der Waals surface area contributed by atoms with Gasteiger partial charge in [-0.2, -0.15) is 0 Å². The van der Waals surface area contributed by atoms with Crippen LogP contribution in [0.1, 0.15) is 0 Å². The molecular formula is C10H6Cl2FN3O. The van der Waals surface area contributed by atoms with Crippen LogP contribution in [-0.2, 0) is 0 Å². The fourth-order valence-corrected chi connectivity index (χ4v) is 1.57. The second-order valence-corrected chi connectivity index (χ2v) is 3.90. The minimum absolute atomic E-state index is 0.0224. The van der Waals surface area contributed by atoms with Gasteiger partial charge in [0, 0.05) is 0 Å². The lowest BCUT2D eigenvalue weighted by Crippen LogP contribution is -2.10. The largest absolute Gasteiger partial charge is 0.335 e. The standard InChI is InChI=1S/C10H6Cl2FN3O/c11-5-2-1-3-6(13)8(5)16-9-7(12)10(17)15-4-14-9/h1-4H,(H2,14,15,16,17). The average Bonchev–Trinajstić information content (AvgIpc) is 2.29. The average molecular weight is 274 g/mol. The third kappa shape index (κ3) is 2.40. The van der Waals surface area contributed by atoms with Crippen molar-refractivity contribution in [3.8, 4) is 0 Å². The quantitative estimate of drug-likeness (QED) is 0.885. The molecule has 2 N–H and O–H groups in total. The predicted octanol–water partition coefficient (Wildman–Crippen LogP) is 2.96. The Balaban J connectivity index is 2.45. The van der Waals surface area contributed by atoms with Crippen molar-refractivity contribution in [1.82, 2.24) is 9.97 Å². The van der Waals surface area contributed by atoms with Gasteiger partial charge in [0.1, 0.15) is 10.8 Å². The number of anilines is 2. The Kier molecular flexibility index (Phi) is 3.31. The lowest BCUT2D eigenvalue weighted by atomic mass is 10.3. The first-order valence-corrected chi connectivity index (χ1v) is 5.29. The molecule has 1 heterocycles. The van der Waals surface area contributed by atoms with Crippen molar-refractivity contribution < 1.29 is 4.39 Å². The van der Waals surface area contributed by atoms with Gasteiger partial charge in [-0.25, -0.2) is 9.37 Å². The van der Waals surface area contributed by atoms with Crippen LogP contribution >= 0.6 is 23.2 Å². The summed E-state index contributed by atoms with van der Waals surface area (Å²) in [5.41, 5.74) is -0.495. The first-order chi connectivity index (χ1) is 8.09. The van der Waals surface area contributed by atoms with Crippen LogP contribution in [-0.4, -0.2) is 9.97 Å². The lowest BCUT2D eigenvalue weighted by molar-refractivity contribution is 0.632. The Labute approximate surface area is 105 Å². The van der Waals surface area contributed by atoms with Gasteiger partial charge in [0.25, 0.3) is 5.56 Å². The van der Waals surface area contributed by atoms with E-state index in [0.717, 1.165) is 6.33 Å². The maximum absolute atomic E-state index is 13.5. The maximum Gasteiger partial charge on any atom is 0.271 e. The Morgan fingerprint density at radius 1 is 1.35 bits per heavy atom. The molecule has 0 amide bonds. The van der Waals surface area contributed by atoms with E-state index >= 15 is 0 Å². The minimum atomic E-state index is -0.560. The fraction of sp³-hybridized carbons (Fsp3) is 0. The summed E-state index contributed by atoms with van der Waals surface area (Å²) in [4.78, 5) is 17.3. The fourth-order valence-electron chi connectivity index (χ4n) is 1.21. The summed E-state index contributed by atoms with van der Waals surface area (Å²) in [6.07, 6.45) is 1.16. The highest BCUT2D eigenvalue weighted by Crippen LogP contribution is 2.28. The number of para-hydroxylation sites is 1. The normalized spacial score (nSPS) is 10.3. The number of rotatable bonds is 2. The molecule has 1 aromatic heterocycles. The molecule has 0 saturated heterocycles. The first kappa shape index (κ1) is 11.9. The number of nitrogens with one attached hydrogen (secondary N) is 2. The molecule has 0 aliphatic rings. The van der Waals surface area contributed by atoms with E-state index in [1.165, 1.54) is 18.2 Å². The van der Waals surface area contributed by atoms with E-state index in [1.807, 2.05) is 0 Å². The molecule has 0 saturated carbocycles. The van der Waals surface area contributed by atoms with Gasteiger partial charge in [-0.3, -0.25) is 4.79 Å². The summed E-state index contributed by atoms with van der Waals surface area (Å²) < 4.78 is 13.5. The van der Waals surface area contributed by atoms with Crippen molar-refractivity contribution in [3.63, 3.8) is 0 Å². The zero-order chi connectivity index (χ0) is 12.4. The van der Waals surface area contributed by atoms with Gasteiger partial charge in [-0.1, -0.05) is 29.3 Å². The van der Waals surface area contributed by atoms with E-state index in [1.54, 1.807) is 0 Å². The van der Waals surface area contributed by atoms with Gasteiger partial charge in [0.05, 0.1) is 17.0 Å². The molecule has 0 atom stereocenters. The molecule has 17 heavy (non-hydrogen) atoms. The second-order valence-electron chi connectivity index (χ2n) is 3.12. The first-order valence-electron chi connectivity index (χ1n) is 4.54. The van der Waals surface area contributed by atoms with Crippen LogP contribution in [0.25, 0.3) is 0 Å². The van der Waals surface area contributed by atoms with Gasteiger partial charge in [0.15, 0.2) is 5.82 Å². The Morgan fingerprint density at radius 3 is 2.82 bits per heavy atom. The van der Waals surface area contributed by atoms with Crippen LogP contribution in [0.15, 0.2) is 29.3 Å². The molecule has 0 spiro atoms. The Morgan fingerprint density at radius 2 is 2.12 bits per heavy atom. The number of hydrogen-bond donors (Lipinski definition) is 2. The molecule has 0 unspecified atom stereocenters. The molecule has 88 valence electrons. The topological polar surface area (TPSA) is 57.8 Å². The highest BCUT2D eigenvalue weighted by atomic mass is 35.5. The van der Waals surface area contributed by atoms with Crippen molar-refractivity contribution in [2.45, 2.75) is 0 Å². The van der Waals surface area contributed by atoms with E-state index in [0.29, 0.717) is 0 Å². The molecule has 2 aromatic rings. The maximum atomic E-state index is 13.5. The summed E-state index contributed by atoms with van der Waals surface area (Å²) in [5.74, 6) is -0.516. The van der Waals surface area contributed by atoms with E-state index < -0.39 is 11.4 Å². The summed E-state index contributed by atoms with van der Waals surface area (Å²) in [6, 6.07) is 4.21. The number of hydrogen-bond acceptors (Lipinski definition) is 3. The second kappa shape index (κ2) is 4.73. The molecule has 0 bridgehead atoms. The third-order valence-corrected chi connectivity index (χ3v) is 2.67. The van der Waals surface area contributed by atoms with E-state index in [2.05, 4.69) is 15.3 Å². The molecule has 0 radical (unpaired) electrons. The lowest BCUT2D eigenvalue weighted by Gasteiger charge is -2.08. The van der Waals surface area contributed by atoms with E-state index in [9.17, 15) is 9.18 Å². The van der Waals surface area contributed by atoms with Gasteiger partial charge < -0.3 is 10.3 Å². The van der Waals surface area contributed by atoms with E-state index in [4.69, 9.17) is 23.2 Å². The van der Waals surface area contributed by atoms with Crippen LogP contribution in [0.5, 0.6) is 0 Å². The number of aromatic nitrogens is 2. The molecular weight excluding hydrogens is 268 g/mol. The SMILES string of the molecule is O=c1[nH]cnc(Nc2c(F)cccc2Cl)c1Cl. The van der Waals surface area contributed by atoms with Crippen LogP contribution in [0, 0.1) is 5.82 Å². The number of aromatic amines is 1. The van der Waals surface area contributed by atoms with Crippen LogP contribution < -0.4 is 10.9 Å². The Bertz CT molecular complexity index is 594. The van der Waals surface area contributed by atoms with Crippen molar-refractivity contribution in [3.05, 3.63) is 50.7 Å². The van der Waals surface area contributed by atoms with Gasteiger partial charge >= 0.3 is 0 Å². The molecule has 0 aliphatic carbocycles. The summed E-state index contributed by atoms with van der Waals surface area (Å²) >= 11 is 11.5. The molecule has 0 fully saturated rings. The smallest absolute Gasteiger partial charge is 0.271 e. The monoisotopic (exact) mass is 273 g/mol. The van der Waals surface area contributed by atoms with Crippen molar-refractivity contribution in [2.24, 2.45) is 0 Å². The van der Waals surface area contributed by atoms with Crippen LogP contribution in [0.4, 0.5) is 15.9 Å². The van der Waals surface area contributed by atoms with Crippen molar-refractivity contribution in [1.29, 1.82) is 0 Å². The zero-order valence-electron chi connectivity index (χ0n) is 8.30. The summed E-state index contributed by atoms with van der Waals surface area (Å²) in [6.45, 7) is 0. The minimum Gasteiger partial charge on any atom is -0.335 e. The molecule has 1 aromatic carbocycles. The summed E-state index contributed by atoms with van der Waals surface area (Å²) in [5, 5.41) is 2.59. The van der Waals surface area contributed by atoms with Crippen molar-refractivity contribution in [2.75, 3.05) is 5.32 Å². The number of nitrogens with zero attached hydrogens (tertiary/aromatic N) is 1. The highest BCUT2D eigenvalue weighted by molar-refractivity contribution is 6.34. The van der Waals surface area contributed by atoms with Gasteiger partial charge in [-0.15, -0.1) is 0 Å². The molecule has 4 nitrogen and oxygen atoms in total. The van der Waals surface area contributed by atoms with Crippen molar-refractivity contribution >= 4 is 34.7 Å². The van der Waals surface area contributed by atoms with Gasteiger partial charge in [0.2, 0.25) is 0 Å². The van der Waals surface area contributed by atoms with Crippen LogP contribution in [0.3, 0.4) is 0 Å². The third-order valence-electron chi connectivity index (χ3n) is 2.00.